The smallest absolute Gasteiger partial charge is 0.0764 e. The van der Waals surface area contributed by atoms with Crippen molar-refractivity contribution in [2.75, 3.05) is 20.1 Å². The molecule has 1 aromatic heterocycles. The maximum absolute atomic E-state index is 4.83. The first-order chi connectivity index (χ1) is 9.83. The van der Waals surface area contributed by atoms with Gasteiger partial charge in [0.2, 0.25) is 0 Å². The lowest BCUT2D eigenvalue weighted by molar-refractivity contribution is 0.189. The Bertz CT molecular complexity index is 402. The molecule has 1 aliphatic heterocycles. The van der Waals surface area contributed by atoms with E-state index in [1.165, 1.54) is 50.6 Å². The number of hydrogen-bond acceptors (Lipinski definition) is 3. The van der Waals surface area contributed by atoms with Crippen molar-refractivity contribution in [3.63, 3.8) is 0 Å². The van der Waals surface area contributed by atoms with Crippen molar-refractivity contribution < 1.29 is 0 Å². The Kier molecular flexibility index (Phi) is 4.73. The third-order valence-corrected chi connectivity index (χ3v) is 4.96. The van der Waals surface area contributed by atoms with E-state index in [9.17, 15) is 0 Å². The SMILES string of the molecule is CN(Cc1ccn(C2CCCCC2)n1)C1CCNCC1. The van der Waals surface area contributed by atoms with E-state index < -0.39 is 0 Å². The van der Waals surface area contributed by atoms with Gasteiger partial charge in [0, 0.05) is 18.8 Å². The lowest BCUT2D eigenvalue weighted by atomic mass is 9.96. The largest absolute Gasteiger partial charge is 0.317 e. The Morgan fingerprint density at radius 2 is 1.95 bits per heavy atom. The molecule has 2 fully saturated rings. The number of nitrogens with zero attached hydrogens (tertiary/aromatic N) is 3. The second-order valence-electron chi connectivity index (χ2n) is 6.48. The molecule has 20 heavy (non-hydrogen) atoms. The molecule has 0 spiro atoms. The highest BCUT2D eigenvalue weighted by Gasteiger charge is 2.20. The zero-order valence-electron chi connectivity index (χ0n) is 12.7. The zero-order valence-corrected chi connectivity index (χ0v) is 12.7. The maximum Gasteiger partial charge on any atom is 0.0764 e. The first-order valence-electron chi connectivity index (χ1n) is 8.28. The second kappa shape index (κ2) is 6.72. The molecule has 0 aromatic carbocycles. The average Bonchev–Trinajstić information content (AvgIpc) is 2.97. The molecular weight excluding hydrogens is 248 g/mol. The molecule has 0 radical (unpaired) electrons. The quantitative estimate of drug-likeness (QED) is 0.917. The summed E-state index contributed by atoms with van der Waals surface area (Å²) in [4.78, 5) is 2.48. The predicted octanol–water partition coefficient (Wildman–Crippen LogP) is 2.57. The zero-order chi connectivity index (χ0) is 13.8. The molecule has 1 aromatic rings. The van der Waals surface area contributed by atoms with Crippen molar-refractivity contribution in [1.82, 2.24) is 20.0 Å². The molecule has 0 bridgehead atoms. The summed E-state index contributed by atoms with van der Waals surface area (Å²) in [5.41, 5.74) is 1.23. The van der Waals surface area contributed by atoms with Crippen LogP contribution in [0.4, 0.5) is 0 Å². The molecule has 112 valence electrons. The summed E-state index contributed by atoms with van der Waals surface area (Å²) in [5, 5.41) is 8.26. The molecule has 3 rings (SSSR count). The van der Waals surface area contributed by atoms with Crippen molar-refractivity contribution in [1.29, 1.82) is 0 Å². The van der Waals surface area contributed by atoms with Gasteiger partial charge in [-0.2, -0.15) is 5.10 Å². The topological polar surface area (TPSA) is 33.1 Å². The van der Waals surface area contributed by atoms with Gasteiger partial charge in [0.1, 0.15) is 0 Å². The molecule has 0 amide bonds. The molecule has 2 heterocycles. The number of hydrogen-bond donors (Lipinski definition) is 1. The summed E-state index contributed by atoms with van der Waals surface area (Å²) < 4.78 is 2.23. The van der Waals surface area contributed by atoms with E-state index >= 15 is 0 Å². The lowest BCUT2D eigenvalue weighted by Crippen LogP contribution is -2.40. The van der Waals surface area contributed by atoms with E-state index in [1.54, 1.807) is 0 Å². The number of aromatic nitrogens is 2. The minimum atomic E-state index is 0.654. The molecule has 0 unspecified atom stereocenters. The molecule has 2 aliphatic rings. The summed E-state index contributed by atoms with van der Waals surface area (Å²) in [6, 6.07) is 3.59. The third-order valence-electron chi connectivity index (χ3n) is 4.96. The highest BCUT2D eigenvalue weighted by molar-refractivity contribution is 5.00. The Hall–Kier alpha value is -0.870. The van der Waals surface area contributed by atoms with Gasteiger partial charge in [-0.15, -0.1) is 0 Å². The fraction of sp³-hybridized carbons (Fsp3) is 0.812. The lowest BCUT2D eigenvalue weighted by Gasteiger charge is -2.31. The minimum absolute atomic E-state index is 0.654. The van der Waals surface area contributed by atoms with E-state index in [0.29, 0.717) is 6.04 Å². The van der Waals surface area contributed by atoms with Crippen LogP contribution in [0.15, 0.2) is 12.3 Å². The van der Waals surface area contributed by atoms with Gasteiger partial charge < -0.3 is 5.32 Å². The first-order valence-corrected chi connectivity index (χ1v) is 8.28. The Labute approximate surface area is 122 Å². The first kappa shape index (κ1) is 14.1. The van der Waals surface area contributed by atoms with Gasteiger partial charge in [-0.25, -0.2) is 0 Å². The molecule has 1 saturated carbocycles. The monoisotopic (exact) mass is 276 g/mol. The van der Waals surface area contributed by atoms with Crippen LogP contribution in [0.3, 0.4) is 0 Å². The highest BCUT2D eigenvalue weighted by atomic mass is 15.3. The van der Waals surface area contributed by atoms with Crippen molar-refractivity contribution in [2.45, 2.75) is 63.6 Å². The van der Waals surface area contributed by atoms with Crippen LogP contribution in [0.1, 0.15) is 56.7 Å². The summed E-state index contributed by atoms with van der Waals surface area (Å²) in [6.07, 6.45) is 11.5. The van der Waals surface area contributed by atoms with Gasteiger partial charge >= 0.3 is 0 Å². The minimum Gasteiger partial charge on any atom is -0.317 e. The average molecular weight is 276 g/mol. The van der Waals surface area contributed by atoms with E-state index in [4.69, 9.17) is 5.10 Å². The van der Waals surface area contributed by atoms with Crippen LogP contribution in [-0.4, -0.2) is 40.9 Å². The van der Waals surface area contributed by atoms with Crippen molar-refractivity contribution in [3.05, 3.63) is 18.0 Å². The Balaban J connectivity index is 1.56. The van der Waals surface area contributed by atoms with E-state index in [-0.39, 0.29) is 0 Å². The molecule has 1 saturated heterocycles. The fourth-order valence-corrected chi connectivity index (χ4v) is 3.64. The standard InChI is InChI=1S/C16H28N4/c1-19(15-7-10-17-11-8-15)13-14-9-12-20(18-14)16-5-3-2-4-6-16/h9,12,15-17H,2-8,10-11,13H2,1H3. The summed E-state index contributed by atoms with van der Waals surface area (Å²) in [5.74, 6) is 0. The van der Waals surface area contributed by atoms with E-state index in [0.717, 1.165) is 25.7 Å². The number of nitrogens with one attached hydrogen (secondary N) is 1. The maximum atomic E-state index is 4.83. The summed E-state index contributed by atoms with van der Waals surface area (Å²) >= 11 is 0. The Morgan fingerprint density at radius 3 is 2.70 bits per heavy atom. The van der Waals surface area contributed by atoms with Gasteiger partial charge in [-0.3, -0.25) is 9.58 Å². The van der Waals surface area contributed by atoms with Crippen LogP contribution in [0.2, 0.25) is 0 Å². The van der Waals surface area contributed by atoms with Gasteiger partial charge in [0.15, 0.2) is 0 Å². The molecule has 4 heteroatoms. The third kappa shape index (κ3) is 3.41. The van der Waals surface area contributed by atoms with Gasteiger partial charge in [0.25, 0.3) is 0 Å². The van der Waals surface area contributed by atoms with Crippen LogP contribution < -0.4 is 5.32 Å². The van der Waals surface area contributed by atoms with Crippen LogP contribution in [-0.2, 0) is 6.54 Å². The van der Waals surface area contributed by atoms with Crippen molar-refractivity contribution in [2.24, 2.45) is 0 Å². The summed E-state index contributed by atoms with van der Waals surface area (Å²) in [7, 11) is 2.25. The second-order valence-corrected chi connectivity index (χ2v) is 6.48. The Morgan fingerprint density at radius 1 is 1.20 bits per heavy atom. The number of piperidine rings is 1. The van der Waals surface area contributed by atoms with Crippen LogP contribution in [0.25, 0.3) is 0 Å². The van der Waals surface area contributed by atoms with Crippen LogP contribution in [0, 0.1) is 0 Å². The van der Waals surface area contributed by atoms with Crippen molar-refractivity contribution >= 4 is 0 Å². The van der Waals surface area contributed by atoms with E-state index in [1.807, 2.05) is 0 Å². The van der Waals surface area contributed by atoms with Gasteiger partial charge in [-0.05, 0) is 51.9 Å². The summed E-state index contributed by atoms with van der Waals surface area (Å²) in [6.45, 7) is 3.31. The highest BCUT2D eigenvalue weighted by Crippen LogP contribution is 2.27. The molecular formula is C16H28N4. The molecule has 0 atom stereocenters. The molecule has 1 aliphatic carbocycles. The molecule has 4 nitrogen and oxygen atoms in total. The van der Waals surface area contributed by atoms with Crippen molar-refractivity contribution in [3.8, 4) is 0 Å². The van der Waals surface area contributed by atoms with Gasteiger partial charge in [0.05, 0.1) is 11.7 Å². The molecule has 1 N–H and O–H groups in total. The van der Waals surface area contributed by atoms with Crippen LogP contribution >= 0.6 is 0 Å². The number of rotatable bonds is 4. The predicted molar refractivity (Wildman–Crippen MR) is 81.7 cm³/mol. The van der Waals surface area contributed by atoms with E-state index in [2.05, 4.69) is 34.2 Å². The van der Waals surface area contributed by atoms with Gasteiger partial charge in [-0.1, -0.05) is 19.3 Å². The normalized spacial score (nSPS) is 22.5. The van der Waals surface area contributed by atoms with Crippen LogP contribution in [0.5, 0.6) is 0 Å². The fourth-order valence-electron chi connectivity index (χ4n) is 3.64.